The van der Waals surface area contributed by atoms with E-state index in [1.54, 1.807) is 30.3 Å². The van der Waals surface area contributed by atoms with Crippen LogP contribution in [0.1, 0.15) is 11.1 Å². The van der Waals surface area contributed by atoms with E-state index in [-0.39, 0.29) is 17.8 Å². The number of fused-ring (bicyclic) bond motifs is 1. The van der Waals surface area contributed by atoms with Crippen molar-refractivity contribution < 1.29 is 27.4 Å². The molecule has 1 atom stereocenters. The zero-order valence-electron chi connectivity index (χ0n) is 14.2. The minimum absolute atomic E-state index is 0.0377. The first kappa shape index (κ1) is 19.5. The Morgan fingerprint density at radius 1 is 1.22 bits per heavy atom. The van der Waals surface area contributed by atoms with Crippen LogP contribution in [0.4, 0.5) is 23.7 Å². The Labute approximate surface area is 162 Å². The number of hydrogen-bond donors (Lipinski definition) is 1. The van der Waals surface area contributed by atoms with Gasteiger partial charge in [-0.05, 0) is 35.9 Å². The number of alkyl halides is 3. The number of carbonyl (C=O) groups excluding carboxylic acids is 1. The predicted molar refractivity (Wildman–Crippen MR) is 96.6 cm³/mol. The molecule has 0 bridgehead atoms. The van der Waals surface area contributed by atoms with Crippen molar-refractivity contribution in [2.24, 2.45) is 5.73 Å². The summed E-state index contributed by atoms with van der Waals surface area (Å²) in [5.74, 6) is 0.628. The second kappa shape index (κ2) is 7.05. The first-order chi connectivity index (χ1) is 12.7. The van der Waals surface area contributed by atoms with Crippen molar-refractivity contribution in [3.05, 3.63) is 58.1 Å². The number of benzene rings is 2. The molecule has 3 rings (SSSR count). The number of nitrogens with two attached hydrogens (primary N) is 1. The highest BCUT2D eigenvalue weighted by Crippen LogP contribution is 2.49. The van der Waals surface area contributed by atoms with E-state index in [4.69, 9.17) is 15.2 Å². The monoisotopic (exact) mass is 444 g/mol. The Bertz CT molecular complexity index is 858. The second-order valence-corrected chi connectivity index (χ2v) is 6.91. The normalized spacial score (nSPS) is 19.5. The molecule has 0 unspecified atom stereocenters. The van der Waals surface area contributed by atoms with E-state index >= 15 is 0 Å². The minimum atomic E-state index is -4.86. The highest BCUT2D eigenvalue weighted by molar-refractivity contribution is 9.10. The maximum absolute atomic E-state index is 13.8. The fraction of sp³-hybridized carbons (Fsp3) is 0.278. The molecule has 0 aromatic heterocycles. The molecule has 0 fully saturated rings. The first-order valence-electron chi connectivity index (χ1n) is 7.92. The molecule has 5 nitrogen and oxygen atoms in total. The zero-order chi connectivity index (χ0) is 19.8. The minimum Gasteiger partial charge on any atom is -0.497 e. The lowest BCUT2D eigenvalue weighted by Gasteiger charge is -2.42. The Morgan fingerprint density at radius 2 is 1.89 bits per heavy atom. The summed E-state index contributed by atoms with van der Waals surface area (Å²) in [6, 6.07) is 11.1. The smallest absolute Gasteiger partial charge is 0.434 e. The maximum atomic E-state index is 13.8. The standard InChI is InChI=1S/C18H16BrF3N2O3/c1-26-13-5-2-11(3-6-13)9-24-15-7-4-12(19)8-14(15)17(10-23,18(20,21)22)27-16(24)25/h2-8H,9-10,23H2,1H3/t17-/m1/s1. The lowest BCUT2D eigenvalue weighted by molar-refractivity contribution is -0.261. The maximum Gasteiger partial charge on any atom is 0.434 e. The molecule has 2 aromatic rings. The first-order valence-corrected chi connectivity index (χ1v) is 8.71. The van der Waals surface area contributed by atoms with E-state index in [1.807, 2.05) is 0 Å². The van der Waals surface area contributed by atoms with Crippen LogP contribution < -0.4 is 15.4 Å². The summed E-state index contributed by atoms with van der Waals surface area (Å²) < 4.78 is 51.8. The molecule has 0 aliphatic carbocycles. The van der Waals surface area contributed by atoms with Gasteiger partial charge >= 0.3 is 12.3 Å². The molecule has 144 valence electrons. The van der Waals surface area contributed by atoms with Gasteiger partial charge in [-0.25, -0.2) is 4.79 Å². The number of rotatable bonds is 4. The largest absolute Gasteiger partial charge is 0.497 e. The Hall–Kier alpha value is -2.26. The van der Waals surface area contributed by atoms with Crippen molar-refractivity contribution in [3.63, 3.8) is 0 Å². The fourth-order valence-electron chi connectivity index (χ4n) is 2.97. The summed E-state index contributed by atoms with van der Waals surface area (Å²) in [4.78, 5) is 13.7. The molecule has 0 saturated carbocycles. The summed E-state index contributed by atoms with van der Waals surface area (Å²) >= 11 is 3.17. The van der Waals surface area contributed by atoms with Crippen molar-refractivity contribution in [2.45, 2.75) is 18.3 Å². The fourth-order valence-corrected chi connectivity index (χ4v) is 3.33. The number of anilines is 1. The molecule has 0 radical (unpaired) electrons. The number of hydrogen-bond acceptors (Lipinski definition) is 4. The molecule has 27 heavy (non-hydrogen) atoms. The number of ether oxygens (including phenoxy) is 2. The van der Waals surface area contributed by atoms with Crippen LogP contribution in [-0.4, -0.2) is 25.9 Å². The number of carbonyl (C=O) groups is 1. The molecule has 1 aliphatic heterocycles. The average molecular weight is 445 g/mol. The van der Waals surface area contributed by atoms with Gasteiger partial charge in [-0.15, -0.1) is 0 Å². The summed E-state index contributed by atoms with van der Waals surface area (Å²) in [6.07, 6.45) is -5.97. The van der Waals surface area contributed by atoms with Gasteiger partial charge in [0.15, 0.2) is 0 Å². The molecular weight excluding hydrogens is 429 g/mol. The third kappa shape index (κ3) is 3.37. The summed E-state index contributed by atoms with van der Waals surface area (Å²) in [7, 11) is 1.52. The van der Waals surface area contributed by atoms with Crippen molar-refractivity contribution in [3.8, 4) is 5.75 Å². The third-order valence-corrected chi connectivity index (χ3v) is 4.90. The van der Waals surface area contributed by atoms with Gasteiger partial charge < -0.3 is 15.2 Å². The van der Waals surface area contributed by atoms with Crippen LogP contribution >= 0.6 is 15.9 Å². The van der Waals surface area contributed by atoms with Gasteiger partial charge in [0.25, 0.3) is 0 Å². The van der Waals surface area contributed by atoms with Crippen LogP contribution in [0.25, 0.3) is 0 Å². The molecule has 9 heteroatoms. The summed E-state index contributed by atoms with van der Waals surface area (Å²) in [6.45, 7) is -0.877. The lowest BCUT2D eigenvalue weighted by Crippen LogP contribution is -2.57. The van der Waals surface area contributed by atoms with Crippen LogP contribution in [-0.2, 0) is 16.9 Å². The van der Waals surface area contributed by atoms with Gasteiger partial charge in [-0.3, -0.25) is 4.90 Å². The number of amides is 1. The van der Waals surface area contributed by atoms with Gasteiger partial charge in [0, 0.05) is 16.6 Å². The van der Waals surface area contributed by atoms with E-state index in [0.29, 0.717) is 15.8 Å². The average Bonchev–Trinajstić information content (AvgIpc) is 2.63. The van der Waals surface area contributed by atoms with Crippen LogP contribution in [0.2, 0.25) is 0 Å². The van der Waals surface area contributed by atoms with Crippen molar-refractivity contribution in [1.82, 2.24) is 0 Å². The van der Waals surface area contributed by atoms with E-state index in [2.05, 4.69) is 15.9 Å². The zero-order valence-corrected chi connectivity index (χ0v) is 15.8. The number of nitrogens with zero attached hydrogens (tertiary/aromatic N) is 1. The van der Waals surface area contributed by atoms with Crippen LogP contribution in [0, 0.1) is 0 Å². The molecule has 0 saturated heterocycles. The molecule has 1 heterocycles. The van der Waals surface area contributed by atoms with E-state index in [1.165, 1.54) is 19.2 Å². The van der Waals surface area contributed by atoms with Crippen LogP contribution in [0.3, 0.4) is 0 Å². The van der Waals surface area contributed by atoms with Gasteiger partial charge in [0.05, 0.1) is 19.3 Å². The highest BCUT2D eigenvalue weighted by atomic mass is 79.9. The van der Waals surface area contributed by atoms with Gasteiger partial charge in [0.2, 0.25) is 5.60 Å². The molecule has 2 aromatic carbocycles. The third-order valence-electron chi connectivity index (χ3n) is 4.41. The topological polar surface area (TPSA) is 64.8 Å². The second-order valence-electron chi connectivity index (χ2n) is 5.99. The van der Waals surface area contributed by atoms with Gasteiger partial charge in [-0.2, -0.15) is 13.2 Å². The molecule has 1 aliphatic rings. The number of halogens is 4. The lowest BCUT2D eigenvalue weighted by atomic mass is 9.89. The Balaban J connectivity index is 2.07. The van der Waals surface area contributed by atoms with Gasteiger partial charge in [0.1, 0.15) is 5.75 Å². The van der Waals surface area contributed by atoms with E-state index in [9.17, 15) is 18.0 Å². The molecule has 1 amide bonds. The van der Waals surface area contributed by atoms with E-state index in [0.717, 1.165) is 4.90 Å². The Kier molecular flexibility index (Phi) is 5.09. The van der Waals surface area contributed by atoms with Crippen LogP contribution in [0.15, 0.2) is 46.9 Å². The Morgan fingerprint density at radius 3 is 2.44 bits per heavy atom. The molecular formula is C18H16BrF3N2O3. The summed E-state index contributed by atoms with van der Waals surface area (Å²) in [5.41, 5.74) is 3.15. The summed E-state index contributed by atoms with van der Waals surface area (Å²) in [5, 5.41) is 0. The highest BCUT2D eigenvalue weighted by Gasteiger charge is 2.62. The van der Waals surface area contributed by atoms with Gasteiger partial charge in [-0.1, -0.05) is 28.1 Å². The molecule has 0 spiro atoms. The number of cyclic esters (lactones) is 1. The van der Waals surface area contributed by atoms with Crippen molar-refractivity contribution in [1.29, 1.82) is 0 Å². The quantitative estimate of drug-likeness (QED) is 0.761. The number of methoxy groups -OCH3 is 1. The molecule has 2 N–H and O–H groups in total. The van der Waals surface area contributed by atoms with Crippen LogP contribution in [0.5, 0.6) is 5.75 Å². The van der Waals surface area contributed by atoms with E-state index < -0.39 is 24.4 Å². The van der Waals surface area contributed by atoms with Crippen molar-refractivity contribution in [2.75, 3.05) is 18.6 Å². The SMILES string of the molecule is COc1ccc(CN2C(=O)O[C@@](CN)(C(F)(F)F)c3cc(Br)ccc32)cc1. The predicted octanol–water partition coefficient (Wildman–Crippen LogP) is 4.33. The van der Waals surface area contributed by atoms with Crippen molar-refractivity contribution >= 4 is 27.7 Å².